The maximum Gasteiger partial charge on any atom is 0.144 e. The number of rotatable bonds is 1. The summed E-state index contributed by atoms with van der Waals surface area (Å²) in [5.41, 5.74) is 3.40. The second-order valence-electron chi connectivity index (χ2n) is 4.26. The van der Waals surface area contributed by atoms with Crippen LogP contribution in [-0.2, 0) is 7.05 Å². The van der Waals surface area contributed by atoms with Crippen molar-refractivity contribution in [1.29, 1.82) is 5.26 Å². The predicted octanol–water partition coefficient (Wildman–Crippen LogP) is 3.01. The lowest BCUT2D eigenvalue weighted by atomic mass is 10.2. The second-order valence-corrected chi connectivity index (χ2v) is 4.26. The van der Waals surface area contributed by atoms with Gasteiger partial charge in [0.25, 0.3) is 0 Å². The minimum Gasteiger partial charge on any atom is -0.469 e. The topological polar surface area (TPSA) is 54.8 Å². The SMILES string of the molecule is Cc1cc(-c2nc3cc(C#N)ccc3n2C)co1. The number of fused-ring (bicyclic) bond motifs is 1. The number of aryl methyl sites for hydroxylation is 2. The molecule has 18 heavy (non-hydrogen) atoms. The lowest BCUT2D eigenvalue weighted by Gasteiger charge is -1.98. The molecule has 0 bridgehead atoms. The Hall–Kier alpha value is -2.54. The first-order chi connectivity index (χ1) is 8.69. The molecule has 2 heterocycles. The summed E-state index contributed by atoms with van der Waals surface area (Å²) in [6.45, 7) is 1.90. The van der Waals surface area contributed by atoms with Gasteiger partial charge >= 0.3 is 0 Å². The first-order valence-electron chi connectivity index (χ1n) is 5.61. The molecule has 0 aliphatic rings. The van der Waals surface area contributed by atoms with Gasteiger partial charge in [0.15, 0.2) is 0 Å². The Balaban J connectivity index is 2.26. The highest BCUT2D eigenvalue weighted by Gasteiger charge is 2.11. The van der Waals surface area contributed by atoms with Gasteiger partial charge in [-0.25, -0.2) is 4.98 Å². The summed E-state index contributed by atoms with van der Waals surface area (Å²) < 4.78 is 7.31. The molecule has 0 aliphatic heterocycles. The first kappa shape index (κ1) is 10.6. The fourth-order valence-corrected chi connectivity index (χ4v) is 2.09. The Labute approximate surface area is 104 Å². The molecule has 0 radical (unpaired) electrons. The quantitative estimate of drug-likeness (QED) is 0.653. The summed E-state index contributed by atoms with van der Waals surface area (Å²) in [5, 5.41) is 8.89. The zero-order valence-corrected chi connectivity index (χ0v) is 10.1. The fourth-order valence-electron chi connectivity index (χ4n) is 2.09. The Morgan fingerprint density at radius 3 is 2.83 bits per heavy atom. The van der Waals surface area contributed by atoms with Crippen LogP contribution in [0.4, 0.5) is 0 Å². The van der Waals surface area contributed by atoms with E-state index in [2.05, 4.69) is 11.1 Å². The number of furan rings is 1. The monoisotopic (exact) mass is 237 g/mol. The van der Waals surface area contributed by atoms with E-state index in [-0.39, 0.29) is 0 Å². The normalized spacial score (nSPS) is 10.7. The van der Waals surface area contributed by atoms with Gasteiger partial charge in [-0.1, -0.05) is 0 Å². The summed E-state index contributed by atoms with van der Waals surface area (Å²) in [7, 11) is 1.96. The molecule has 3 aromatic rings. The molecule has 4 heteroatoms. The van der Waals surface area contributed by atoms with Gasteiger partial charge in [0.05, 0.1) is 28.2 Å². The molecule has 88 valence electrons. The maximum atomic E-state index is 8.89. The molecule has 0 fully saturated rings. The first-order valence-corrected chi connectivity index (χ1v) is 5.61. The van der Waals surface area contributed by atoms with Crippen LogP contribution < -0.4 is 0 Å². The van der Waals surface area contributed by atoms with Crippen LogP contribution in [0.3, 0.4) is 0 Å². The predicted molar refractivity (Wildman–Crippen MR) is 67.9 cm³/mol. The Morgan fingerprint density at radius 1 is 1.33 bits per heavy atom. The number of hydrogen-bond donors (Lipinski definition) is 0. The minimum atomic E-state index is 0.621. The van der Waals surface area contributed by atoms with E-state index in [1.165, 1.54) is 0 Å². The van der Waals surface area contributed by atoms with E-state index in [9.17, 15) is 0 Å². The molecule has 2 aromatic heterocycles. The average Bonchev–Trinajstić information content (AvgIpc) is 2.93. The third-order valence-corrected chi connectivity index (χ3v) is 3.00. The van der Waals surface area contributed by atoms with Gasteiger partial charge in [-0.3, -0.25) is 0 Å². The fraction of sp³-hybridized carbons (Fsp3) is 0.143. The lowest BCUT2D eigenvalue weighted by molar-refractivity contribution is 0.534. The maximum absolute atomic E-state index is 8.89. The van der Waals surface area contributed by atoms with Crippen molar-refractivity contribution in [3.05, 3.63) is 41.9 Å². The van der Waals surface area contributed by atoms with Crippen molar-refractivity contribution >= 4 is 11.0 Å². The van der Waals surface area contributed by atoms with E-state index < -0.39 is 0 Å². The molecular weight excluding hydrogens is 226 g/mol. The van der Waals surface area contributed by atoms with Crippen LogP contribution in [0.15, 0.2) is 34.9 Å². The molecule has 0 spiro atoms. The van der Waals surface area contributed by atoms with Gasteiger partial charge in [-0.05, 0) is 31.2 Å². The molecule has 3 rings (SSSR count). The second kappa shape index (κ2) is 3.74. The summed E-state index contributed by atoms with van der Waals surface area (Å²) >= 11 is 0. The van der Waals surface area contributed by atoms with Crippen LogP contribution in [0.1, 0.15) is 11.3 Å². The Morgan fingerprint density at radius 2 is 2.17 bits per heavy atom. The van der Waals surface area contributed by atoms with Crippen LogP contribution in [-0.4, -0.2) is 9.55 Å². The van der Waals surface area contributed by atoms with Crippen molar-refractivity contribution in [3.8, 4) is 17.5 Å². The third kappa shape index (κ3) is 1.49. The number of hydrogen-bond acceptors (Lipinski definition) is 3. The molecule has 0 unspecified atom stereocenters. The number of nitriles is 1. The molecule has 0 atom stereocenters. The van der Waals surface area contributed by atoms with Crippen molar-refractivity contribution in [3.63, 3.8) is 0 Å². The standard InChI is InChI=1S/C14H11N3O/c1-9-5-11(8-18-9)14-16-12-6-10(7-15)3-4-13(12)17(14)2/h3-6,8H,1-2H3. The Kier molecular flexibility index (Phi) is 2.20. The third-order valence-electron chi connectivity index (χ3n) is 3.00. The van der Waals surface area contributed by atoms with Crippen molar-refractivity contribution in [2.45, 2.75) is 6.92 Å². The molecular formula is C14H11N3O. The molecule has 0 saturated carbocycles. The molecule has 4 nitrogen and oxygen atoms in total. The minimum absolute atomic E-state index is 0.621. The van der Waals surface area contributed by atoms with E-state index in [1.807, 2.05) is 30.7 Å². The van der Waals surface area contributed by atoms with E-state index in [0.29, 0.717) is 5.56 Å². The zero-order chi connectivity index (χ0) is 12.7. The van der Waals surface area contributed by atoms with Gasteiger partial charge in [-0.15, -0.1) is 0 Å². The van der Waals surface area contributed by atoms with E-state index in [4.69, 9.17) is 9.68 Å². The van der Waals surface area contributed by atoms with Gasteiger partial charge in [0.1, 0.15) is 17.8 Å². The average molecular weight is 237 g/mol. The van der Waals surface area contributed by atoms with Crippen LogP contribution in [0, 0.1) is 18.3 Å². The highest BCUT2D eigenvalue weighted by Crippen LogP contribution is 2.25. The Bertz CT molecular complexity index is 774. The molecule has 0 saturated heterocycles. The summed E-state index contributed by atoms with van der Waals surface area (Å²) in [4.78, 5) is 4.56. The van der Waals surface area contributed by atoms with Crippen molar-refractivity contribution < 1.29 is 4.42 Å². The van der Waals surface area contributed by atoms with E-state index in [1.54, 1.807) is 18.4 Å². The van der Waals surface area contributed by atoms with Gasteiger partial charge < -0.3 is 8.98 Å². The van der Waals surface area contributed by atoms with E-state index >= 15 is 0 Å². The number of aromatic nitrogens is 2. The molecule has 0 aliphatic carbocycles. The zero-order valence-electron chi connectivity index (χ0n) is 10.1. The largest absolute Gasteiger partial charge is 0.469 e. The number of nitrogens with zero attached hydrogens (tertiary/aromatic N) is 3. The van der Waals surface area contributed by atoms with Gasteiger partial charge in [0.2, 0.25) is 0 Å². The smallest absolute Gasteiger partial charge is 0.144 e. The summed E-state index contributed by atoms with van der Waals surface area (Å²) in [6.07, 6.45) is 1.70. The molecule has 0 N–H and O–H groups in total. The molecule has 0 amide bonds. The van der Waals surface area contributed by atoms with Crippen LogP contribution >= 0.6 is 0 Å². The number of benzene rings is 1. The van der Waals surface area contributed by atoms with Crippen LogP contribution in [0.5, 0.6) is 0 Å². The van der Waals surface area contributed by atoms with Crippen molar-refractivity contribution in [1.82, 2.24) is 9.55 Å². The summed E-state index contributed by atoms with van der Waals surface area (Å²) in [5.74, 6) is 1.70. The number of imidazole rings is 1. The highest BCUT2D eigenvalue weighted by molar-refractivity contribution is 5.81. The summed E-state index contributed by atoms with van der Waals surface area (Å²) in [6, 6.07) is 9.59. The van der Waals surface area contributed by atoms with E-state index in [0.717, 1.165) is 28.2 Å². The lowest BCUT2D eigenvalue weighted by Crippen LogP contribution is -1.90. The van der Waals surface area contributed by atoms with Crippen LogP contribution in [0.25, 0.3) is 22.4 Å². The van der Waals surface area contributed by atoms with Gasteiger partial charge in [-0.2, -0.15) is 5.26 Å². The van der Waals surface area contributed by atoms with Crippen molar-refractivity contribution in [2.24, 2.45) is 7.05 Å². The highest BCUT2D eigenvalue weighted by atomic mass is 16.3. The van der Waals surface area contributed by atoms with Crippen molar-refractivity contribution in [2.75, 3.05) is 0 Å². The molecule has 1 aromatic carbocycles. The van der Waals surface area contributed by atoms with Crippen LogP contribution in [0.2, 0.25) is 0 Å². The van der Waals surface area contributed by atoms with Gasteiger partial charge in [0, 0.05) is 7.05 Å².